The number of carbonyl (C=O) groups excluding carboxylic acids is 2. The van der Waals surface area contributed by atoms with E-state index in [1.165, 1.54) is 17.3 Å². The summed E-state index contributed by atoms with van der Waals surface area (Å²) in [5.74, 6) is 1.01. The molecule has 0 saturated carbocycles. The minimum Gasteiger partial charge on any atom is -0.351 e. The fourth-order valence-electron chi connectivity index (χ4n) is 3.59. The zero-order valence-corrected chi connectivity index (χ0v) is 18.8. The van der Waals surface area contributed by atoms with Gasteiger partial charge in [0.15, 0.2) is 5.17 Å². The van der Waals surface area contributed by atoms with E-state index in [1.54, 1.807) is 4.90 Å². The molecule has 0 unspecified atom stereocenters. The maximum atomic E-state index is 13.1. The predicted octanol–water partition coefficient (Wildman–Crippen LogP) is 4.05. The highest BCUT2D eigenvalue weighted by Gasteiger charge is 2.41. The van der Waals surface area contributed by atoms with Gasteiger partial charge in [-0.05, 0) is 37.0 Å². The van der Waals surface area contributed by atoms with Crippen molar-refractivity contribution in [2.75, 3.05) is 5.75 Å². The lowest BCUT2D eigenvalue weighted by atomic mass is 10.0. The van der Waals surface area contributed by atoms with E-state index < -0.39 is 6.04 Å². The van der Waals surface area contributed by atoms with Crippen molar-refractivity contribution < 1.29 is 9.59 Å². The zero-order valence-electron chi connectivity index (χ0n) is 18.0. The first kappa shape index (κ1) is 21.3. The van der Waals surface area contributed by atoms with Crippen molar-refractivity contribution in [3.63, 3.8) is 0 Å². The van der Waals surface area contributed by atoms with Crippen molar-refractivity contribution in [2.45, 2.75) is 39.8 Å². The van der Waals surface area contributed by atoms with Crippen molar-refractivity contribution in [3.8, 4) is 0 Å². The molecule has 2 amide bonds. The number of amides is 2. The van der Waals surface area contributed by atoms with Crippen LogP contribution in [-0.4, -0.2) is 39.5 Å². The van der Waals surface area contributed by atoms with E-state index in [4.69, 9.17) is 4.99 Å². The van der Waals surface area contributed by atoms with Crippen molar-refractivity contribution >= 4 is 40.3 Å². The average molecular weight is 435 g/mol. The van der Waals surface area contributed by atoms with Crippen LogP contribution in [-0.2, 0) is 16.1 Å². The minimum atomic E-state index is -0.401. The Bertz CT molecular complexity index is 1060. The molecule has 1 atom stereocenters. The molecule has 0 bridgehead atoms. The van der Waals surface area contributed by atoms with Gasteiger partial charge < -0.3 is 5.32 Å². The van der Waals surface area contributed by atoms with Crippen LogP contribution in [0, 0.1) is 12.8 Å². The topological polar surface area (TPSA) is 74.1 Å². The van der Waals surface area contributed by atoms with Crippen molar-refractivity contribution in [3.05, 3.63) is 65.2 Å². The van der Waals surface area contributed by atoms with Gasteiger partial charge in [-0.15, -0.1) is 0 Å². The predicted molar refractivity (Wildman–Crippen MR) is 126 cm³/mol. The molecule has 6 nitrogen and oxygen atoms in total. The van der Waals surface area contributed by atoms with E-state index in [-0.39, 0.29) is 17.6 Å². The molecule has 2 aromatic carbocycles. The summed E-state index contributed by atoms with van der Waals surface area (Å²) in [7, 11) is 0. The number of nitrogens with zero attached hydrogens (tertiary/aromatic N) is 3. The molecule has 2 aromatic rings. The number of fused-ring (bicyclic) bond motifs is 3. The highest BCUT2D eigenvalue weighted by atomic mass is 32.2. The lowest BCUT2D eigenvalue weighted by Gasteiger charge is -2.25. The van der Waals surface area contributed by atoms with Gasteiger partial charge in [0.05, 0.1) is 11.4 Å². The average Bonchev–Trinajstić information content (AvgIpc) is 3.07. The third-order valence-electron chi connectivity index (χ3n) is 5.19. The van der Waals surface area contributed by atoms with Crippen LogP contribution in [0.1, 0.15) is 37.0 Å². The third-order valence-corrected chi connectivity index (χ3v) is 6.12. The van der Waals surface area contributed by atoms with E-state index >= 15 is 0 Å². The van der Waals surface area contributed by atoms with Crippen molar-refractivity contribution in [2.24, 2.45) is 15.9 Å². The Morgan fingerprint density at radius 3 is 2.65 bits per heavy atom. The normalized spacial score (nSPS) is 17.2. The molecule has 31 heavy (non-hydrogen) atoms. The van der Waals surface area contributed by atoms with Gasteiger partial charge in [0.25, 0.3) is 5.91 Å². The number of para-hydroxylation sites is 1. The first-order valence-corrected chi connectivity index (χ1v) is 11.5. The number of thioether (sulfide) groups is 1. The molecule has 0 fully saturated rings. The molecule has 2 aliphatic heterocycles. The van der Waals surface area contributed by atoms with Crippen LogP contribution in [0.2, 0.25) is 0 Å². The number of nitrogens with one attached hydrogen (secondary N) is 1. The van der Waals surface area contributed by atoms with Crippen molar-refractivity contribution in [1.82, 2.24) is 10.2 Å². The van der Waals surface area contributed by atoms with Crippen LogP contribution >= 0.6 is 11.8 Å². The maximum Gasteiger partial charge on any atom is 0.259 e. The summed E-state index contributed by atoms with van der Waals surface area (Å²) < 4.78 is 0. The molecule has 1 N–H and O–H groups in total. The smallest absolute Gasteiger partial charge is 0.259 e. The lowest BCUT2D eigenvalue weighted by Crippen LogP contribution is -2.41. The highest BCUT2D eigenvalue weighted by Crippen LogP contribution is 2.34. The van der Waals surface area contributed by atoms with Gasteiger partial charge >= 0.3 is 0 Å². The number of amidine groups is 2. The second kappa shape index (κ2) is 9.06. The molecule has 0 radical (unpaired) electrons. The van der Waals surface area contributed by atoms with Crippen LogP contribution in [0.3, 0.4) is 0 Å². The number of benzene rings is 2. The summed E-state index contributed by atoms with van der Waals surface area (Å²) in [5.41, 5.74) is 3.87. The third kappa shape index (κ3) is 4.71. The van der Waals surface area contributed by atoms with Crippen molar-refractivity contribution in [1.29, 1.82) is 0 Å². The molecule has 0 aromatic heterocycles. The summed E-state index contributed by atoms with van der Waals surface area (Å²) in [5, 5.41) is 3.45. The molecular formula is C24H26N4O2S. The number of hydrogen-bond acceptors (Lipinski definition) is 5. The fraction of sp³-hybridized carbons (Fsp3) is 0.333. The van der Waals surface area contributed by atoms with Gasteiger partial charge in [-0.3, -0.25) is 14.6 Å². The second-order valence-corrected chi connectivity index (χ2v) is 9.18. The minimum absolute atomic E-state index is 0.0653. The number of hydrogen-bond donors (Lipinski definition) is 1. The Morgan fingerprint density at radius 1 is 1.16 bits per heavy atom. The molecular weight excluding hydrogens is 408 g/mol. The largest absolute Gasteiger partial charge is 0.351 e. The number of carbonyl (C=O) groups is 2. The summed E-state index contributed by atoms with van der Waals surface area (Å²) in [6.07, 6.45) is 0.690. The summed E-state index contributed by atoms with van der Waals surface area (Å²) >= 11 is 1.27. The zero-order chi connectivity index (χ0) is 22.0. The van der Waals surface area contributed by atoms with Crippen LogP contribution in [0.4, 0.5) is 5.69 Å². The quantitative estimate of drug-likeness (QED) is 0.745. The van der Waals surface area contributed by atoms with Gasteiger partial charge in [-0.1, -0.05) is 67.6 Å². The van der Waals surface area contributed by atoms with E-state index in [9.17, 15) is 9.59 Å². The van der Waals surface area contributed by atoms with Crippen LogP contribution < -0.4 is 5.32 Å². The molecule has 2 aliphatic rings. The van der Waals surface area contributed by atoms with E-state index in [0.717, 1.165) is 16.8 Å². The van der Waals surface area contributed by atoms with Crippen LogP contribution in [0.15, 0.2) is 58.5 Å². The van der Waals surface area contributed by atoms with Gasteiger partial charge in [0.2, 0.25) is 5.91 Å². The Balaban J connectivity index is 1.47. The van der Waals surface area contributed by atoms with Crippen LogP contribution in [0.25, 0.3) is 0 Å². The molecule has 0 spiro atoms. The van der Waals surface area contributed by atoms with Gasteiger partial charge in [-0.25, -0.2) is 9.89 Å². The Hall–Kier alpha value is -2.93. The molecule has 4 rings (SSSR count). The van der Waals surface area contributed by atoms with E-state index in [1.807, 2.05) is 55.5 Å². The Morgan fingerprint density at radius 2 is 1.90 bits per heavy atom. The number of aryl methyl sites for hydroxylation is 1. The standard InChI is InChI=1S/C24H26N4O2S/c1-15(2)12-20-23(30)28-22(26-20)18-6-4-5-7-19(18)27-24(28)31-14-21(29)25-13-17-10-8-16(3)9-11-17/h4-11,15,20H,12-14H2,1-3H3,(H,25,29)/t20-/m0/s1. The number of rotatable bonds is 6. The van der Waals surface area contributed by atoms with Gasteiger partial charge in [0, 0.05) is 12.1 Å². The van der Waals surface area contributed by atoms with E-state index in [2.05, 4.69) is 24.2 Å². The molecule has 0 saturated heterocycles. The van der Waals surface area contributed by atoms with E-state index in [0.29, 0.717) is 29.9 Å². The lowest BCUT2D eigenvalue weighted by molar-refractivity contribution is -0.125. The van der Waals surface area contributed by atoms with Crippen LogP contribution in [0.5, 0.6) is 0 Å². The van der Waals surface area contributed by atoms with Gasteiger partial charge in [0.1, 0.15) is 11.9 Å². The molecule has 0 aliphatic carbocycles. The maximum absolute atomic E-state index is 13.1. The SMILES string of the molecule is Cc1ccc(CNC(=O)CSC2=Nc3ccccc3C3=N[C@@H](CC(C)C)C(=O)N23)cc1. The highest BCUT2D eigenvalue weighted by molar-refractivity contribution is 8.14. The summed E-state index contributed by atoms with van der Waals surface area (Å²) in [6, 6.07) is 15.3. The first-order valence-electron chi connectivity index (χ1n) is 10.5. The summed E-state index contributed by atoms with van der Waals surface area (Å²) in [4.78, 5) is 36.5. The first-order chi connectivity index (χ1) is 14.9. The Labute approximate surface area is 186 Å². The molecule has 2 heterocycles. The molecule has 7 heteroatoms. The second-order valence-electron chi connectivity index (χ2n) is 8.23. The van der Waals surface area contributed by atoms with Gasteiger partial charge in [-0.2, -0.15) is 0 Å². The molecule has 160 valence electrons. The summed E-state index contributed by atoms with van der Waals surface area (Å²) in [6.45, 7) is 6.67. The monoisotopic (exact) mass is 434 g/mol. The fourth-order valence-corrected chi connectivity index (χ4v) is 4.42. The Kier molecular flexibility index (Phi) is 6.23. The number of aliphatic imine (C=N–C) groups is 2.